The van der Waals surface area contributed by atoms with Crippen LogP contribution in [-0.4, -0.2) is 38.8 Å². The summed E-state index contributed by atoms with van der Waals surface area (Å²) < 4.78 is 5.63. The molecule has 2 aromatic heterocycles. The summed E-state index contributed by atoms with van der Waals surface area (Å²) in [5.41, 5.74) is 2.62. The quantitative estimate of drug-likeness (QED) is 0.750. The van der Waals surface area contributed by atoms with Crippen molar-refractivity contribution in [3.8, 4) is 0 Å². The van der Waals surface area contributed by atoms with Crippen LogP contribution in [0, 0.1) is 6.92 Å². The standard InChI is InChI=1S/C20H23N5O2/c1-13-15(18(26)25(2)14-8-4-3-5-9-14)12-21-19(22-13)24-20-23-16-10-6-7-11-17(16)27-20/h6-7,10-12,14H,3-5,8-9H2,1-2H3,(H,21,22,23,24). The Hall–Kier alpha value is -2.96. The molecule has 7 nitrogen and oxygen atoms in total. The van der Waals surface area contributed by atoms with Crippen LogP contribution >= 0.6 is 0 Å². The molecule has 27 heavy (non-hydrogen) atoms. The number of aryl methyl sites for hydroxylation is 1. The van der Waals surface area contributed by atoms with Gasteiger partial charge in [-0.15, -0.1) is 0 Å². The summed E-state index contributed by atoms with van der Waals surface area (Å²) in [6.45, 7) is 1.82. The number of oxazole rings is 1. The molecule has 1 aromatic carbocycles. The Balaban J connectivity index is 1.50. The molecule has 1 N–H and O–H groups in total. The second kappa shape index (κ2) is 7.34. The van der Waals surface area contributed by atoms with E-state index >= 15 is 0 Å². The van der Waals surface area contributed by atoms with E-state index in [0.29, 0.717) is 34.8 Å². The number of carbonyl (C=O) groups is 1. The molecule has 1 saturated carbocycles. The Bertz CT molecular complexity index is 929. The van der Waals surface area contributed by atoms with Gasteiger partial charge in [-0.25, -0.2) is 9.97 Å². The van der Waals surface area contributed by atoms with Gasteiger partial charge in [0, 0.05) is 19.3 Å². The highest BCUT2D eigenvalue weighted by atomic mass is 16.4. The molecule has 0 radical (unpaired) electrons. The predicted octanol–water partition coefficient (Wildman–Crippen LogP) is 4.07. The molecule has 1 aliphatic rings. The molecule has 0 saturated heterocycles. The van der Waals surface area contributed by atoms with Crippen molar-refractivity contribution in [1.82, 2.24) is 19.9 Å². The van der Waals surface area contributed by atoms with Gasteiger partial charge in [-0.1, -0.05) is 31.4 Å². The van der Waals surface area contributed by atoms with Crippen molar-refractivity contribution >= 4 is 29.0 Å². The monoisotopic (exact) mass is 365 g/mol. The highest BCUT2D eigenvalue weighted by Gasteiger charge is 2.24. The minimum absolute atomic E-state index is 0.0205. The van der Waals surface area contributed by atoms with Crippen molar-refractivity contribution in [1.29, 1.82) is 0 Å². The van der Waals surface area contributed by atoms with Gasteiger partial charge in [-0.3, -0.25) is 10.1 Å². The topological polar surface area (TPSA) is 84.1 Å². The smallest absolute Gasteiger partial charge is 0.302 e. The van der Waals surface area contributed by atoms with E-state index < -0.39 is 0 Å². The molecule has 140 valence electrons. The summed E-state index contributed by atoms with van der Waals surface area (Å²) in [5.74, 6) is 0.337. The highest BCUT2D eigenvalue weighted by molar-refractivity contribution is 5.95. The number of benzene rings is 1. The molecule has 0 spiro atoms. The first kappa shape index (κ1) is 17.5. The molecule has 0 aliphatic heterocycles. The molecule has 0 atom stereocenters. The van der Waals surface area contributed by atoms with Gasteiger partial charge in [-0.2, -0.15) is 4.98 Å². The molecule has 1 fully saturated rings. The fraction of sp³-hybridized carbons (Fsp3) is 0.400. The van der Waals surface area contributed by atoms with Crippen molar-refractivity contribution in [3.63, 3.8) is 0 Å². The maximum atomic E-state index is 12.8. The molecule has 2 heterocycles. The van der Waals surface area contributed by atoms with Crippen LogP contribution in [0.5, 0.6) is 0 Å². The lowest BCUT2D eigenvalue weighted by atomic mass is 9.94. The van der Waals surface area contributed by atoms with Gasteiger partial charge in [0.25, 0.3) is 5.91 Å². The van der Waals surface area contributed by atoms with Crippen LogP contribution in [0.1, 0.15) is 48.2 Å². The zero-order valence-corrected chi connectivity index (χ0v) is 15.6. The van der Waals surface area contributed by atoms with Crippen molar-refractivity contribution in [2.24, 2.45) is 0 Å². The number of anilines is 2. The maximum absolute atomic E-state index is 12.8. The SMILES string of the molecule is Cc1nc(Nc2nc3ccccc3o2)ncc1C(=O)N(C)C1CCCCC1. The Morgan fingerprint density at radius 2 is 1.96 bits per heavy atom. The molecule has 4 rings (SSSR count). The van der Waals surface area contributed by atoms with E-state index in [1.165, 1.54) is 19.3 Å². The van der Waals surface area contributed by atoms with Gasteiger partial charge in [-0.05, 0) is 31.9 Å². The summed E-state index contributed by atoms with van der Waals surface area (Å²) in [6.07, 6.45) is 7.35. The van der Waals surface area contributed by atoms with Crippen LogP contribution in [0.4, 0.5) is 12.0 Å². The van der Waals surface area contributed by atoms with Crippen LogP contribution < -0.4 is 5.32 Å². The van der Waals surface area contributed by atoms with Crippen molar-refractivity contribution in [2.75, 3.05) is 12.4 Å². The lowest BCUT2D eigenvalue weighted by Crippen LogP contribution is -2.38. The number of hydrogen-bond donors (Lipinski definition) is 1. The fourth-order valence-corrected chi connectivity index (χ4v) is 3.58. The number of nitrogens with one attached hydrogen (secondary N) is 1. The Morgan fingerprint density at radius 3 is 2.70 bits per heavy atom. The minimum Gasteiger partial charge on any atom is -0.423 e. The largest absolute Gasteiger partial charge is 0.423 e. The molecule has 3 aromatic rings. The van der Waals surface area contributed by atoms with E-state index in [4.69, 9.17) is 4.42 Å². The van der Waals surface area contributed by atoms with Crippen molar-refractivity contribution < 1.29 is 9.21 Å². The zero-order valence-electron chi connectivity index (χ0n) is 15.6. The Kier molecular flexibility index (Phi) is 4.75. The van der Waals surface area contributed by atoms with Crippen LogP contribution in [0.15, 0.2) is 34.9 Å². The highest BCUT2D eigenvalue weighted by Crippen LogP contribution is 2.24. The fourth-order valence-electron chi connectivity index (χ4n) is 3.58. The van der Waals surface area contributed by atoms with E-state index in [2.05, 4.69) is 20.3 Å². The van der Waals surface area contributed by atoms with E-state index in [9.17, 15) is 4.79 Å². The van der Waals surface area contributed by atoms with Crippen LogP contribution in [0.3, 0.4) is 0 Å². The third-order valence-electron chi connectivity index (χ3n) is 5.17. The van der Waals surface area contributed by atoms with E-state index in [-0.39, 0.29) is 5.91 Å². The zero-order chi connectivity index (χ0) is 18.8. The Labute approximate surface area is 157 Å². The second-order valence-corrected chi connectivity index (χ2v) is 7.01. The lowest BCUT2D eigenvalue weighted by molar-refractivity contribution is 0.0694. The van der Waals surface area contributed by atoms with Gasteiger partial charge in [0.1, 0.15) is 5.52 Å². The van der Waals surface area contributed by atoms with Crippen LogP contribution in [0.2, 0.25) is 0 Å². The average molecular weight is 365 g/mol. The average Bonchev–Trinajstić information content (AvgIpc) is 3.10. The van der Waals surface area contributed by atoms with Gasteiger partial charge >= 0.3 is 6.01 Å². The third-order valence-corrected chi connectivity index (χ3v) is 5.17. The van der Waals surface area contributed by atoms with Crippen molar-refractivity contribution in [3.05, 3.63) is 41.7 Å². The van der Waals surface area contributed by atoms with Gasteiger partial charge < -0.3 is 9.32 Å². The normalized spacial score (nSPS) is 15.0. The molecular weight excluding hydrogens is 342 g/mol. The maximum Gasteiger partial charge on any atom is 0.302 e. The number of para-hydroxylation sites is 2. The summed E-state index contributed by atoms with van der Waals surface area (Å²) >= 11 is 0. The first-order chi connectivity index (χ1) is 13.1. The summed E-state index contributed by atoms with van der Waals surface area (Å²) in [4.78, 5) is 27.7. The van der Waals surface area contributed by atoms with Gasteiger partial charge in [0.15, 0.2) is 5.58 Å². The van der Waals surface area contributed by atoms with E-state index in [1.807, 2.05) is 43.1 Å². The molecule has 7 heteroatoms. The van der Waals surface area contributed by atoms with Crippen molar-refractivity contribution in [2.45, 2.75) is 45.1 Å². The van der Waals surface area contributed by atoms with Crippen LogP contribution in [0.25, 0.3) is 11.1 Å². The number of carbonyl (C=O) groups excluding carboxylic acids is 1. The first-order valence-electron chi connectivity index (χ1n) is 9.35. The number of nitrogens with zero attached hydrogens (tertiary/aromatic N) is 4. The second-order valence-electron chi connectivity index (χ2n) is 7.01. The predicted molar refractivity (Wildman–Crippen MR) is 103 cm³/mol. The molecular formula is C20H23N5O2. The summed E-state index contributed by atoms with van der Waals surface area (Å²) in [7, 11) is 1.88. The number of amides is 1. The number of fused-ring (bicyclic) bond motifs is 1. The Morgan fingerprint density at radius 1 is 1.19 bits per heavy atom. The van der Waals surface area contributed by atoms with Gasteiger partial charge in [0.2, 0.25) is 5.95 Å². The van der Waals surface area contributed by atoms with E-state index in [1.54, 1.807) is 6.20 Å². The van der Waals surface area contributed by atoms with E-state index in [0.717, 1.165) is 18.4 Å². The molecule has 0 bridgehead atoms. The lowest BCUT2D eigenvalue weighted by Gasteiger charge is -2.31. The number of rotatable bonds is 4. The summed E-state index contributed by atoms with van der Waals surface area (Å²) in [5, 5.41) is 2.97. The number of aromatic nitrogens is 3. The third kappa shape index (κ3) is 3.63. The minimum atomic E-state index is -0.0205. The number of hydrogen-bond acceptors (Lipinski definition) is 6. The van der Waals surface area contributed by atoms with Gasteiger partial charge in [0.05, 0.1) is 11.3 Å². The van der Waals surface area contributed by atoms with Crippen LogP contribution in [-0.2, 0) is 0 Å². The molecule has 0 unspecified atom stereocenters. The molecule has 1 amide bonds. The first-order valence-corrected chi connectivity index (χ1v) is 9.35. The summed E-state index contributed by atoms with van der Waals surface area (Å²) in [6, 6.07) is 8.15. The molecule has 1 aliphatic carbocycles.